The average molecular weight is 333 g/mol. The third kappa shape index (κ3) is 7.35. The molecular weight excluding hydrogens is 312 g/mol. The van der Waals surface area contributed by atoms with Gasteiger partial charge in [0.25, 0.3) is 0 Å². The zero-order valence-electron chi connectivity index (χ0n) is 13.5. The van der Waals surface area contributed by atoms with Crippen LogP contribution in [0.4, 0.5) is 0 Å². The van der Waals surface area contributed by atoms with Gasteiger partial charge in [0, 0.05) is 5.56 Å². The molecule has 0 aliphatic heterocycles. The SMILES string of the molecule is CCOC(=N)c1ccc(OC)cc1.Cc1ccc(C#N)cc1.Cl. The Bertz CT molecular complexity index is 632. The molecule has 5 heteroatoms. The van der Waals surface area contributed by atoms with Gasteiger partial charge in [-0.3, -0.25) is 5.41 Å². The Morgan fingerprint density at radius 1 is 1.09 bits per heavy atom. The summed E-state index contributed by atoms with van der Waals surface area (Å²) in [6.07, 6.45) is 0. The number of nitrogens with zero attached hydrogens (tertiary/aromatic N) is 1. The molecule has 0 radical (unpaired) electrons. The summed E-state index contributed by atoms with van der Waals surface area (Å²) < 4.78 is 10.0. The van der Waals surface area contributed by atoms with E-state index in [4.69, 9.17) is 20.1 Å². The largest absolute Gasteiger partial charge is 0.497 e. The smallest absolute Gasteiger partial charge is 0.213 e. The summed E-state index contributed by atoms with van der Waals surface area (Å²) >= 11 is 0. The fourth-order valence-electron chi connectivity index (χ4n) is 1.60. The topological polar surface area (TPSA) is 66.1 Å². The Hall–Kier alpha value is -2.51. The lowest BCUT2D eigenvalue weighted by atomic mass is 10.2. The van der Waals surface area contributed by atoms with Crippen LogP contribution in [0.15, 0.2) is 48.5 Å². The third-order valence-electron chi connectivity index (χ3n) is 2.82. The number of ether oxygens (including phenoxy) is 2. The van der Waals surface area contributed by atoms with E-state index >= 15 is 0 Å². The highest BCUT2D eigenvalue weighted by Gasteiger charge is 2.00. The lowest BCUT2D eigenvalue weighted by molar-refractivity contribution is 0.325. The van der Waals surface area contributed by atoms with Crippen LogP contribution in [0.25, 0.3) is 0 Å². The lowest BCUT2D eigenvalue weighted by Gasteiger charge is -2.05. The number of hydrogen-bond acceptors (Lipinski definition) is 4. The van der Waals surface area contributed by atoms with Crippen molar-refractivity contribution in [2.45, 2.75) is 13.8 Å². The van der Waals surface area contributed by atoms with Gasteiger partial charge in [0.05, 0.1) is 25.3 Å². The van der Waals surface area contributed by atoms with Crippen molar-refractivity contribution in [3.8, 4) is 11.8 Å². The van der Waals surface area contributed by atoms with Gasteiger partial charge in [-0.05, 0) is 50.2 Å². The highest BCUT2D eigenvalue weighted by molar-refractivity contribution is 5.91. The number of nitrogens with one attached hydrogen (secondary N) is 1. The summed E-state index contributed by atoms with van der Waals surface area (Å²) in [5.41, 5.74) is 2.68. The fraction of sp³-hybridized carbons (Fsp3) is 0.222. The molecule has 0 fully saturated rings. The molecule has 1 N–H and O–H groups in total. The molecule has 0 aliphatic rings. The predicted molar refractivity (Wildman–Crippen MR) is 94.6 cm³/mol. The summed E-state index contributed by atoms with van der Waals surface area (Å²) in [5.74, 6) is 0.984. The molecule has 0 amide bonds. The van der Waals surface area contributed by atoms with Crippen molar-refractivity contribution in [3.63, 3.8) is 0 Å². The number of benzene rings is 2. The van der Waals surface area contributed by atoms with Crippen molar-refractivity contribution >= 4 is 18.3 Å². The Morgan fingerprint density at radius 2 is 1.65 bits per heavy atom. The first-order valence-electron chi connectivity index (χ1n) is 6.93. The van der Waals surface area contributed by atoms with E-state index in [-0.39, 0.29) is 18.3 Å². The lowest BCUT2D eigenvalue weighted by Crippen LogP contribution is -2.04. The quantitative estimate of drug-likeness (QED) is 0.671. The van der Waals surface area contributed by atoms with Crippen molar-refractivity contribution in [1.29, 1.82) is 10.7 Å². The summed E-state index contributed by atoms with van der Waals surface area (Å²) in [7, 11) is 1.61. The van der Waals surface area contributed by atoms with E-state index in [2.05, 4.69) is 6.07 Å². The van der Waals surface area contributed by atoms with Crippen LogP contribution in [0.2, 0.25) is 0 Å². The molecule has 23 heavy (non-hydrogen) atoms. The zero-order valence-corrected chi connectivity index (χ0v) is 14.3. The molecule has 0 aliphatic carbocycles. The van der Waals surface area contributed by atoms with E-state index < -0.39 is 0 Å². The second-order valence-electron chi connectivity index (χ2n) is 4.47. The molecule has 2 aromatic carbocycles. The van der Waals surface area contributed by atoms with Crippen molar-refractivity contribution in [1.82, 2.24) is 0 Å². The van der Waals surface area contributed by atoms with E-state index in [0.717, 1.165) is 16.9 Å². The molecule has 0 bridgehead atoms. The number of halogens is 1. The number of hydrogen-bond donors (Lipinski definition) is 1. The van der Waals surface area contributed by atoms with Crippen LogP contribution < -0.4 is 4.74 Å². The van der Waals surface area contributed by atoms with Crippen LogP contribution in [0, 0.1) is 23.7 Å². The first-order valence-corrected chi connectivity index (χ1v) is 6.93. The summed E-state index contributed by atoms with van der Waals surface area (Å²) in [6, 6.07) is 16.8. The molecule has 122 valence electrons. The number of nitriles is 1. The van der Waals surface area contributed by atoms with Crippen LogP contribution in [0.3, 0.4) is 0 Å². The van der Waals surface area contributed by atoms with E-state index in [1.807, 2.05) is 50.2 Å². The first-order chi connectivity index (χ1) is 10.6. The molecule has 0 atom stereocenters. The number of aryl methyl sites for hydroxylation is 1. The fourth-order valence-corrected chi connectivity index (χ4v) is 1.60. The molecule has 2 aromatic rings. The van der Waals surface area contributed by atoms with E-state index in [9.17, 15) is 0 Å². The van der Waals surface area contributed by atoms with Gasteiger partial charge < -0.3 is 9.47 Å². The van der Waals surface area contributed by atoms with Crippen LogP contribution >= 0.6 is 12.4 Å². The number of methoxy groups -OCH3 is 1. The summed E-state index contributed by atoms with van der Waals surface area (Å²) in [4.78, 5) is 0. The van der Waals surface area contributed by atoms with Gasteiger partial charge >= 0.3 is 0 Å². The molecule has 0 saturated heterocycles. The average Bonchev–Trinajstić information content (AvgIpc) is 2.56. The number of rotatable bonds is 3. The van der Waals surface area contributed by atoms with Gasteiger partial charge in [-0.25, -0.2) is 0 Å². The molecule has 0 unspecified atom stereocenters. The molecule has 4 nitrogen and oxygen atoms in total. The van der Waals surface area contributed by atoms with Gasteiger partial charge in [-0.2, -0.15) is 5.26 Å². The van der Waals surface area contributed by atoms with Crippen LogP contribution in [-0.2, 0) is 4.74 Å². The standard InChI is InChI=1S/C10H13NO2.C8H7N.ClH/c1-3-13-10(11)8-4-6-9(12-2)7-5-8;1-7-2-4-8(6-9)5-3-7;/h4-7,11H,3H2,1-2H3;2-5H,1H3;1H. The predicted octanol–water partition coefficient (Wildman–Crippen LogP) is 4.35. The minimum Gasteiger partial charge on any atom is -0.497 e. The normalized spacial score (nSPS) is 8.61. The highest BCUT2D eigenvalue weighted by Crippen LogP contribution is 2.11. The Morgan fingerprint density at radius 3 is 2.09 bits per heavy atom. The first kappa shape index (κ1) is 20.5. The van der Waals surface area contributed by atoms with Crippen LogP contribution in [-0.4, -0.2) is 19.6 Å². The Kier molecular flexibility index (Phi) is 9.90. The third-order valence-corrected chi connectivity index (χ3v) is 2.82. The zero-order chi connectivity index (χ0) is 16.4. The highest BCUT2D eigenvalue weighted by atomic mass is 35.5. The van der Waals surface area contributed by atoms with Gasteiger partial charge in [0.2, 0.25) is 5.90 Å². The molecule has 0 spiro atoms. The van der Waals surface area contributed by atoms with Crippen LogP contribution in [0.1, 0.15) is 23.6 Å². The van der Waals surface area contributed by atoms with Crippen molar-refractivity contribution < 1.29 is 9.47 Å². The van der Waals surface area contributed by atoms with E-state index in [0.29, 0.717) is 6.61 Å². The maximum Gasteiger partial charge on any atom is 0.213 e. The van der Waals surface area contributed by atoms with Crippen molar-refractivity contribution in [3.05, 3.63) is 65.2 Å². The van der Waals surface area contributed by atoms with Crippen molar-refractivity contribution in [2.24, 2.45) is 0 Å². The maximum atomic E-state index is 8.38. The monoisotopic (exact) mass is 332 g/mol. The molecule has 0 aromatic heterocycles. The van der Waals surface area contributed by atoms with Crippen LogP contribution in [0.5, 0.6) is 5.75 Å². The summed E-state index contributed by atoms with van der Waals surface area (Å²) in [6.45, 7) is 4.38. The van der Waals surface area contributed by atoms with E-state index in [1.54, 1.807) is 19.2 Å². The van der Waals surface area contributed by atoms with Gasteiger partial charge in [0.15, 0.2) is 0 Å². The summed E-state index contributed by atoms with van der Waals surface area (Å²) in [5, 5.41) is 15.9. The molecule has 0 heterocycles. The molecule has 2 rings (SSSR count). The Balaban J connectivity index is 0.000000427. The van der Waals surface area contributed by atoms with Gasteiger partial charge in [-0.15, -0.1) is 12.4 Å². The maximum absolute atomic E-state index is 8.38. The Labute approximate surface area is 143 Å². The second kappa shape index (κ2) is 11.1. The van der Waals surface area contributed by atoms with E-state index in [1.165, 1.54) is 5.56 Å². The minimum absolute atomic E-state index is 0. The van der Waals surface area contributed by atoms with Gasteiger partial charge in [-0.1, -0.05) is 17.7 Å². The second-order valence-corrected chi connectivity index (χ2v) is 4.47. The van der Waals surface area contributed by atoms with Crippen molar-refractivity contribution in [2.75, 3.05) is 13.7 Å². The molecular formula is C18H21ClN2O2. The van der Waals surface area contributed by atoms with Gasteiger partial charge in [0.1, 0.15) is 5.75 Å². The minimum atomic E-state index is 0. The molecule has 0 saturated carbocycles.